The molecule has 6 heteroatoms. The van der Waals surface area contributed by atoms with Gasteiger partial charge in [-0.25, -0.2) is 13.1 Å². The highest BCUT2D eigenvalue weighted by Gasteiger charge is 2.16. The van der Waals surface area contributed by atoms with Crippen LogP contribution in [0.5, 0.6) is 5.75 Å². The van der Waals surface area contributed by atoms with Gasteiger partial charge in [-0.2, -0.15) is 0 Å². The molecule has 2 rings (SSSR count). The minimum absolute atomic E-state index is 0.0726. The Balaban J connectivity index is 1.94. The van der Waals surface area contributed by atoms with Gasteiger partial charge < -0.3 is 4.74 Å². The Bertz CT molecular complexity index is 760. The van der Waals surface area contributed by atoms with Crippen LogP contribution >= 0.6 is 11.6 Å². The molecular formula is C16H18ClNO3S. The van der Waals surface area contributed by atoms with Crippen molar-refractivity contribution in [3.63, 3.8) is 0 Å². The average molecular weight is 340 g/mol. The zero-order valence-electron chi connectivity index (χ0n) is 12.5. The van der Waals surface area contributed by atoms with Crippen molar-refractivity contribution >= 4 is 21.6 Å². The number of ether oxygens (including phenoxy) is 1. The summed E-state index contributed by atoms with van der Waals surface area (Å²) >= 11 is 5.91. The van der Waals surface area contributed by atoms with Crippen LogP contribution in [0, 0.1) is 13.8 Å². The topological polar surface area (TPSA) is 55.4 Å². The molecule has 0 amide bonds. The van der Waals surface area contributed by atoms with Gasteiger partial charge >= 0.3 is 0 Å². The van der Waals surface area contributed by atoms with Crippen LogP contribution in [0.2, 0.25) is 5.02 Å². The predicted molar refractivity (Wildman–Crippen MR) is 88.1 cm³/mol. The quantitative estimate of drug-likeness (QED) is 0.821. The van der Waals surface area contributed by atoms with Gasteiger partial charge in [-0.05, 0) is 43.2 Å². The fourth-order valence-corrected chi connectivity index (χ4v) is 3.47. The maximum Gasteiger partial charge on any atom is 0.242 e. The molecule has 2 aromatic rings. The molecule has 1 N–H and O–H groups in total. The highest BCUT2D eigenvalue weighted by Crippen LogP contribution is 2.20. The fraction of sp³-hybridized carbons (Fsp3) is 0.250. The van der Waals surface area contributed by atoms with E-state index in [-0.39, 0.29) is 23.1 Å². The van der Waals surface area contributed by atoms with Crippen LogP contribution in [-0.2, 0) is 10.0 Å². The van der Waals surface area contributed by atoms with Gasteiger partial charge in [0.05, 0.1) is 5.02 Å². The van der Waals surface area contributed by atoms with Crippen LogP contribution in [-0.4, -0.2) is 21.6 Å². The van der Waals surface area contributed by atoms with Gasteiger partial charge in [-0.3, -0.25) is 0 Å². The number of halogens is 1. The summed E-state index contributed by atoms with van der Waals surface area (Å²) in [5.41, 5.74) is 2.11. The van der Waals surface area contributed by atoms with Crippen molar-refractivity contribution < 1.29 is 13.2 Å². The maximum absolute atomic E-state index is 12.1. The first-order chi connectivity index (χ1) is 10.4. The van der Waals surface area contributed by atoms with E-state index in [0.29, 0.717) is 0 Å². The Morgan fingerprint density at radius 1 is 1.14 bits per heavy atom. The van der Waals surface area contributed by atoms with Crippen LogP contribution in [0.1, 0.15) is 11.1 Å². The van der Waals surface area contributed by atoms with E-state index in [1.807, 2.05) is 32.0 Å². The standard InChI is InChI=1S/C16H18ClNO3S/c1-12-7-8-13(2)15(11-12)21-10-9-18-22(19,20)16-6-4-3-5-14(16)17/h3-8,11,18H,9-10H2,1-2H3. The van der Waals surface area contributed by atoms with Crippen molar-refractivity contribution in [2.24, 2.45) is 0 Å². The third-order valence-corrected chi connectivity index (χ3v) is 5.08. The molecule has 0 fully saturated rings. The first-order valence-electron chi connectivity index (χ1n) is 6.84. The lowest BCUT2D eigenvalue weighted by Gasteiger charge is -2.11. The normalized spacial score (nSPS) is 11.4. The Hall–Kier alpha value is -1.56. The van der Waals surface area contributed by atoms with Gasteiger partial charge in [0.25, 0.3) is 0 Å². The minimum atomic E-state index is -3.63. The first kappa shape index (κ1) is 16.8. The monoisotopic (exact) mass is 339 g/mol. The molecule has 118 valence electrons. The Morgan fingerprint density at radius 3 is 2.59 bits per heavy atom. The molecule has 0 atom stereocenters. The molecule has 0 saturated heterocycles. The zero-order valence-corrected chi connectivity index (χ0v) is 14.0. The molecule has 0 spiro atoms. The van der Waals surface area contributed by atoms with E-state index in [4.69, 9.17) is 16.3 Å². The molecule has 0 aliphatic heterocycles. The second-order valence-corrected chi connectivity index (χ2v) is 7.09. The zero-order chi connectivity index (χ0) is 16.2. The SMILES string of the molecule is Cc1ccc(C)c(OCCNS(=O)(=O)c2ccccc2Cl)c1. The van der Waals surface area contributed by atoms with Crippen molar-refractivity contribution in [2.75, 3.05) is 13.2 Å². The molecule has 22 heavy (non-hydrogen) atoms. The maximum atomic E-state index is 12.1. The average Bonchev–Trinajstić information content (AvgIpc) is 2.47. The number of sulfonamides is 1. The fourth-order valence-electron chi connectivity index (χ4n) is 1.94. The molecule has 0 aromatic heterocycles. The second kappa shape index (κ2) is 7.13. The third kappa shape index (κ3) is 4.22. The van der Waals surface area contributed by atoms with E-state index < -0.39 is 10.0 Å². The smallest absolute Gasteiger partial charge is 0.242 e. The van der Waals surface area contributed by atoms with E-state index in [9.17, 15) is 8.42 Å². The van der Waals surface area contributed by atoms with Gasteiger partial charge in [0.15, 0.2) is 0 Å². The number of rotatable bonds is 6. The molecule has 0 radical (unpaired) electrons. The number of hydrogen-bond donors (Lipinski definition) is 1. The number of hydrogen-bond acceptors (Lipinski definition) is 3. The van der Waals surface area contributed by atoms with E-state index >= 15 is 0 Å². The Labute approximate surface area is 136 Å². The van der Waals surface area contributed by atoms with Gasteiger partial charge in [0.1, 0.15) is 17.3 Å². The van der Waals surface area contributed by atoms with Gasteiger partial charge in [-0.1, -0.05) is 35.9 Å². The minimum Gasteiger partial charge on any atom is -0.492 e. The van der Waals surface area contributed by atoms with Gasteiger partial charge in [0.2, 0.25) is 10.0 Å². The summed E-state index contributed by atoms with van der Waals surface area (Å²) in [7, 11) is -3.63. The summed E-state index contributed by atoms with van der Waals surface area (Å²) in [5.74, 6) is 0.761. The third-order valence-electron chi connectivity index (χ3n) is 3.12. The molecular weight excluding hydrogens is 322 g/mol. The van der Waals surface area contributed by atoms with Gasteiger partial charge in [0, 0.05) is 6.54 Å². The van der Waals surface area contributed by atoms with Crippen molar-refractivity contribution in [3.8, 4) is 5.75 Å². The molecule has 0 saturated carbocycles. The van der Waals surface area contributed by atoms with Gasteiger partial charge in [-0.15, -0.1) is 0 Å². The summed E-state index contributed by atoms with van der Waals surface area (Å²) in [4.78, 5) is 0.0726. The number of benzene rings is 2. The molecule has 4 nitrogen and oxygen atoms in total. The van der Waals surface area contributed by atoms with Crippen LogP contribution < -0.4 is 9.46 Å². The lowest BCUT2D eigenvalue weighted by molar-refractivity contribution is 0.320. The Morgan fingerprint density at radius 2 is 1.86 bits per heavy atom. The lowest BCUT2D eigenvalue weighted by Crippen LogP contribution is -2.28. The largest absolute Gasteiger partial charge is 0.492 e. The number of nitrogens with one attached hydrogen (secondary N) is 1. The molecule has 2 aromatic carbocycles. The van der Waals surface area contributed by atoms with Crippen molar-refractivity contribution in [3.05, 3.63) is 58.6 Å². The van der Waals surface area contributed by atoms with Crippen molar-refractivity contribution in [1.82, 2.24) is 4.72 Å². The first-order valence-corrected chi connectivity index (χ1v) is 8.70. The molecule has 0 heterocycles. The summed E-state index contributed by atoms with van der Waals surface area (Å²) < 4.78 is 32.4. The van der Waals surface area contributed by atoms with E-state index in [0.717, 1.165) is 16.9 Å². The van der Waals surface area contributed by atoms with E-state index in [1.54, 1.807) is 18.2 Å². The van der Waals surface area contributed by atoms with E-state index in [1.165, 1.54) is 6.07 Å². The molecule has 0 bridgehead atoms. The summed E-state index contributed by atoms with van der Waals surface area (Å²) in [6.45, 7) is 4.34. The van der Waals surface area contributed by atoms with Crippen molar-refractivity contribution in [2.45, 2.75) is 18.7 Å². The highest BCUT2D eigenvalue weighted by atomic mass is 35.5. The molecule has 0 aliphatic rings. The highest BCUT2D eigenvalue weighted by molar-refractivity contribution is 7.89. The summed E-state index contributed by atoms with van der Waals surface area (Å²) in [6.07, 6.45) is 0. The Kier molecular flexibility index (Phi) is 5.45. The predicted octanol–water partition coefficient (Wildman–Crippen LogP) is 3.31. The summed E-state index contributed by atoms with van der Waals surface area (Å²) in [5, 5.41) is 0.199. The number of aryl methyl sites for hydroxylation is 2. The van der Waals surface area contributed by atoms with Crippen LogP contribution in [0.3, 0.4) is 0 Å². The van der Waals surface area contributed by atoms with E-state index in [2.05, 4.69) is 4.72 Å². The van der Waals surface area contributed by atoms with Crippen LogP contribution in [0.15, 0.2) is 47.4 Å². The van der Waals surface area contributed by atoms with Crippen LogP contribution in [0.4, 0.5) is 0 Å². The van der Waals surface area contributed by atoms with Crippen molar-refractivity contribution in [1.29, 1.82) is 0 Å². The second-order valence-electron chi connectivity index (χ2n) is 4.95. The molecule has 0 unspecified atom stereocenters. The summed E-state index contributed by atoms with van der Waals surface area (Å²) in [6, 6.07) is 12.2. The molecule has 0 aliphatic carbocycles. The van der Waals surface area contributed by atoms with Crippen LogP contribution in [0.25, 0.3) is 0 Å². The lowest BCUT2D eigenvalue weighted by atomic mass is 10.1.